The Kier molecular flexibility index (Phi) is 18.0. The predicted molar refractivity (Wildman–Crippen MR) is 224 cm³/mol. The van der Waals surface area contributed by atoms with E-state index < -0.39 is 78.6 Å². The third-order valence-corrected chi connectivity index (χ3v) is 7.83. The Morgan fingerprint density at radius 2 is 0.682 bits per heavy atom. The largest absolute Gasteiger partial charge is 0.502 e. The molecule has 30 nitrogen and oxygen atoms in total. The monoisotopic (exact) mass is 921 g/mol. The van der Waals surface area contributed by atoms with E-state index in [1.807, 2.05) is 0 Å². The third-order valence-electron chi connectivity index (χ3n) is 7.83. The lowest BCUT2D eigenvalue weighted by Crippen LogP contribution is -1.95. The van der Waals surface area contributed by atoms with E-state index in [0.717, 1.165) is 54.1 Å². The van der Waals surface area contributed by atoms with Gasteiger partial charge in [-0.05, 0) is 43.2 Å². The molecule has 6 aromatic carbocycles. The van der Waals surface area contributed by atoms with Gasteiger partial charge >= 0.3 is 22.7 Å². The van der Waals surface area contributed by atoms with Gasteiger partial charge in [0.2, 0.25) is 5.75 Å². The molecule has 0 saturated carbocycles. The molecule has 30 heteroatoms. The van der Waals surface area contributed by atoms with Crippen LogP contribution in [0.15, 0.2) is 109 Å². The number of nitrogens with zero attached hydrogens (tertiary/aromatic N) is 9. The van der Waals surface area contributed by atoms with E-state index >= 15 is 0 Å². The van der Waals surface area contributed by atoms with Gasteiger partial charge in [0.05, 0.1) is 61.8 Å². The van der Waals surface area contributed by atoms with Crippen molar-refractivity contribution in [2.45, 2.75) is 13.8 Å². The van der Waals surface area contributed by atoms with Gasteiger partial charge in [-0.2, -0.15) is 0 Å². The molecule has 6 rings (SSSR count). The normalized spacial score (nSPS) is 9.73. The van der Waals surface area contributed by atoms with Gasteiger partial charge in [0, 0.05) is 60.0 Å². The van der Waals surface area contributed by atoms with Crippen LogP contribution in [0.1, 0.15) is 11.1 Å². The number of hydrogen-bond donors (Lipinski definition) is 3. The lowest BCUT2D eigenvalue weighted by Gasteiger charge is -2.02. The predicted octanol–water partition coefficient (Wildman–Crippen LogP) is 8.49. The zero-order valence-corrected chi connectivity index (χ0v) is 33.1. The lowest BCUT2D eigenvalue weighted by atomic mass is 10.1. The summed E-state index contributed by atoms with van der Waals surface area (Å²) in [6.45, 7) is 3.20. The van der Waals surface area contributed by atoms with Crippen LogP contribution in [0.25, 0.3) is 10.8 Å². The van der Waals surface area contributed by atoms with Crippen molar-refractivity contribution < 1.29 is 59.6 Å². The van der Waals surface area contributed by atoms with Crippen LogP contribution in [-0.4, -0.2) is 59.6 Å². The molecular weight excluding hydrogens is 894 g/mol. The number of aromatic hydroxyl groups is 3. The van der Waals surface area contributed by atoms with Crippen molar-refractivity contribution >= 4 is 62.0 Å². The highest BCUT2D eigenvalue weighted by Crippen LogP contribution is 2.40. The number of non-ortho nitro benzene ring substituents is 5. The van der Waals surface area contributed by atoms with Gasteiger partial charge in [-0.1, -0.05) is 24.3 Å². The van der Waals surface area contributed by atoms with Crippen molar-refractivity contribution in [1.82, 2.24) is 0 Å². The Bertz CT molecular complexity index is 2800. The Labute approximate surface area is 363 Å². The smallest absolute Gasteiger partial charge is 0.318 e. The van der Waals surface area contributed by atoms with E-state index in [9.17, 15) is 101 Å². The Balaban J connectivity index is 0.000000286. The van der Waals surface area contributed by atoms with E-state index in [1.165, 1.54) is 55.5 Å². The molecule has 0 aliphatic carbocycles. The summed E-state index contributed by atoms with van der Waals surface area (Å²) in [4.78, 5) is 86.5. The molecule has 0 bridgehead atoms. The van der Waals surface area contributed by atoms with Gasteiger partial charge < -0.3 is 15.3 Å². The summed E-state index contributed by atoms with van der Waals surface area (Å²) in [7, 11) is 0. The molecule has 0 radical (unpaired) electrons. The molecular formula is C36H27N9O21. The molecule has 0 unspecified atom stereocenters. The number of fused-ring (bicyclic) bond motifs is 1. The molecule has 0 saturated heterocycles. The Morgan fingerprint density at radius 3 is 1.05 bits per heavy atom. The Morgan fingerprint density at radius 1 is 0.318 bits per heavy atom. The summed E-state index contributed by atoms with van der Waals surface area (Å²) < 4.78 is 0. The minimum Gasteiger partial charge on any atom is -0.502 e. The highest BCUT2D eigenvalue weighted by Gasteiger charge is 2.26. The highest BCUT2D eigenvalue weighted by molar-refractivity contribution is 5.98. The molecule has 0 amide bonds. The summed E-state index contributed by atoms with van der Waals surface area (Å²) in [6.07, 6.45) is 0. The summed E-state index contributed by atoms with van der Waals surface area (Å²) in [6, 6.07) is 22.0. The van der Waals surface area contributed by atoms with E-state index in [0.29, 0.717) is 5.56 Å². The van der Waals surface area contributed by atoms with Crippen molar-refractivity contribution in [1.29, 1.82) is 0 Å². The molecule has 342 valence electrons. The van der Waals surface area contributed by atoms with E-state index in [-0.39, 0.29) is 45.0 Å². The maximum atomic E-state index is 10.8. The number of nitro groups is 9. The molecule has 0 aliphatic heterocycles. The quantitative estimate of drug-likeness (QED) is 0.0903. The average Bonchev–Trinajstić information content (AvgIpc) is 3.25. The van der Waals surface area contributed by atoms with Gasteiger partial charge in [-0.3, -0.25) is 91.0 Å². The van der Waals surface area contributed by atoms with Crippen LogP contribution < -0.4 is 0 Å². The van der Waals surface area contributed by atoms with Gasteiger partial charge in [-0.15, -0.1) is 0 Å². The minimum absolute atomic E-state index is 0.0911. The molecule has 6 aromatic rings. The van der Waals surface area contributed by atoms with Crippen molar-refractivity contribution in [3.8, 4) is 17.2 Å². The third kappa shape index (κ3) is 14.4. The summed E-state index contributed by atoms with van der Waals surface area (Å²) in [5.41, 5.74) is -2.37. The van der Waals surface area contributed by atoms with Crippen molar-refractivity contribution in [3.05, 3.63) is 211 Å². The number of phenolic OH excluding ortho intramolecular Hbond substituents is 3. The van der Waals surface area contributed by atoms with E-state index in [2.05, 4.69) is 0 Å². The van der Waals surface area contributed by atoms with Crippen LogP contribution >= 0.6 is 0 Å². The molecule has 0 atom stereocenters. The van der Waals surface area contributed by atoms with Crippen LogP contribution in [0.5, 0.6) is 17.2 Å². The standard InChI is InChI=1S/C10H6N2O5.C7H6N2O5.C7H7NO3.2C6H4N2O4/c13-10-7-4-2-1-3-6(7)8(11(14)15)5-9(10)12(16)17;1-4-2-5(8(11)12)7(10)6(3-4)9(13)14;1-5-2-3-7(9)6(4-5)8(10)11;9-7(10)5-1-2-6(4-3-5)8(11)12;9-7(10)5-2-1-3-6(4-5)8(11)12/h1-5,13H;2-3,10H,1H3;2-4,9H,1H3;2*1-4H. The second-order valence-corrected chi connectivity index (χ2v) is 12.3. The first-order valence-corrected chi connectivity index (χ1v) is 17.2. The fourth-order valence-electron chi connectivity index (χ4n) is 4.83. The summed E-state index contributed by atoms with van der Waals surface area (Å²) >= 11 is 0. The number of rotatable bonds is 9. The highest BCUT2D eigenvalue weighted by atomic mass is 16.7. The van der Waals surface area contributed by atoms with Crippen LogP contribution in [0.4, 0.5) is 51.2 Å². The second kappa shape index (κ2) is 23.0. The number of benzene rings is 6. The maximum Gasteiger partial charge on any atom is 0.318 e. The van der Waals surface area contributed by atoms with Gasteiger partial charge in [0.1, 0.15) is 0 Å². The first-order chi connectivity index (χ1) is 30.8. The van der Waals surface area contributed by atoms with Crippen molar-refractivity contribution in [2.75, 3.05) is 0 Å². The minimum atomic E-state index is -0.911. The summed E-state index contributed by atoms with van der Waals surface area (Å²) in [5, 5.41) is 121. The molecule has 0 aliphatic rings. The number of aryl methyl sites for hydroxylation is 2. The fraction of sp³-hybridized carbons (Fsp3) is 0.0556. The van der Waals surface area contributed by atoms with Crippen LogP contribution in [0.2, 0.25) is 0 Å². The first-order valence-electron chi connectivity index (χ1n) is 17.2. The number of hydrogen-bond acceptors (Lipinski definition) is 21. The second-order valence-electron chi connectivity index (χ2n) is 12.3. The maximum absolute atomic E-state index is 10.8. The van der Waals surface area contributed by atoms with Crippen molar-refractivity contribution in [3.63, 3.8) is 0 Å². The number of nitro benzene ring substituents is 9. The average molecular weight is 922 g/mol. The Hall–Kier alpha value is -10.4. The van der Waals surface area contributed by atoms with Gasteiger partial charge in [-0.25, -0.2) is 0 Å². The van der Waals surface area contributed by atoms with Gasteiger partial charge in [0.15, 0.2) is 5.75 Å². The topological polar surface area (TPSA) is 449 Å². The fourth-order valence-corrected chi connectivity index (χ4v) is 4.83. The molecule has 0 fully saturated rings. The molecule has 66 heavy (non-hydrogen) atoms. The van der Waals surface area contributed by atoms with E-state index in [1.54, 1.807) is 19.1 Å². The molecule has 0 aromatic heterocycles. The SMILES string of the molecule is Cc1cc([N+](=O)[O-])c(O)c([N+](=O)[O-])c1.Cc1ccc(O)c([N+](=O)[O-])c1.O=[N+]([O-])c1cc([N+](=O)[O-])c2ccccc2c1O.O=[N+]([O-])c1ccc([N+](=O)[O-])cc1.O=[N+]([O-])c1cccc([N+](=O)[O-])c1. The number of phenols is 3. The van der Waals surface area contributed by atoms with Crippen LogP contribution in [-0.2, 0) is 0 Å². The molecule has 0 spiro atoms. The lowest BCUT2D eigenvalue weighted by molar-refractivity contribution is -0.396. The van der Waals surface area contributed by atoms with Crippen LogP contribution in [0.3, 0.4) is 0 Å². The van der Waals surface area contributed by atoms with E-state index in [4.69, 9.17) is 5.11 Å². The zero-order valence-electron chi connectivity index (χ0n) is 33.1. The molecule has 3 N–H and O–H groups in total. The molecule has 0 heterocycles. The van der Waals surface area contributed by atoms with Crippen LogP contribution in [0, 0.1) is 105 Å². The first kappa shape index (κ1) is 51.7. The van der Waals surface area contributed by atoms with Gasteiger partial charge in [0.25, 0.3) is 34.2 Å². The zero-order chi connectivity index (χ0) is 50.2. The van der Waals surface area contributed by atoms with Crippen molar-refractivity contribution in [2.24, 2.45) is 0 Å². The summed E-state index contributed by atoms with van der Waals surface area (Å²) in [5.74, 6) is -1.76.